The minimum Gasteiger partial charge on any atom is -0.387 e. The predicted molar refractivity (Wildman–Crippen MR) is 81.9 cm³/mol. The van der Waals surface area contributed by atoms with E-state index in [0.717, 1.165) is 5.56 Å². The van der Waals surface area contributed by atoms with Crippen molar-refractivity contribution in [2.75, 3.05) is 0 Å². The first kappa shape index (κ1) is 13.4. The number of hydrogen-bond donors (Lipinski definition) is 1. The van der Waals surface area contributed by atoms with Gasteiger partial charge in [-0.15, -0.1) is 0 Å². The summed E-state index contributed by atoms with van der Waals surface area (Å²) in [4.78, 5) is 25.5. The molecule has 2 aromatic carbocycles. The zero-order valence-corrected chi connectivity index (χ0v) is 12.1. The molecule has 1 N–H and O–H groups in total. The summed E-state index contributed by atoms with van der Waals surface area (Å²) in [6.45, 7) is 0. The van der Waals surface area contributed by atoms with Crippen molar-refractivity contribution in [2.45, 2.75) is 25.4 Å². The van der Waals surface area contributed by atoms with E-state index in [-0.39, 0.29) is 18.0 Å². The predicted octanol–water partition coefficient (Wildman–Crippen LogP) is 3.12. The Morgan fingerprint density at radius 3 is 2.45 bits per heavy atom. The molecular formula is C19H16O3. The van der Waals surface area contributed by atoms with Gasteiger partial charge in [-0.1, -0.05) is 48.5 Å². The number of Topliss-reactive ketones (excluding diaryl/α,β-unsaturated/α-hetero) is 2. The SMILES string of the molecule is O=C1C[C@@]2(CCc3ccccc3C2=O)[C@@H](O)c2ccccc21. The summed E-state index contributed by atoms with van der Waals surface area (Å²) in [7, 11) is 0. The molecule has 0 aromatic heterocycles. The van der Waals surface area contributed by atoms with E-state index in [4.69, 9.17) is 0 Å². The lowest BCUT2D eigenvalue weighted by Gasteiger charge is -2.43. The number of fused-ring (bicyclic) bond motifs is 2. The summed E-state index contributed by atoms with van der Waals surface area (Å²) in [6, 6.07) is 14.6. The second-order valence-electron chi connectivity index (χ2n) is 6.23. The van der Waals surface area contributed by atoms with Crippen LogP contribution in [0.3, 0.4) is 0 Å². The number of carbonyl (C=O) groups is 2. The van der Waals surface area contributed by atoms with Gasteiger partial charge in [0.15, 0.2) is 11.6 Å². The molecule has 0 unspecified atom stereocenters. The summed E-state index contributed by atoms with van der Waals surface area (Å²) in [5.41, 5.74) is 1.80. The van der Waals surface area contributed by atoms with E-state index in [1.807, 2.05) is 18.2 Å². The molecule has 0 saturated heterocycles. The van der Waals surface area contributed by atoms with E-state index in [2.05, 4.69) is 0 Å². The molecule has 2 aromatic rings. The molecule has 0 fully saturated rings. The maximum Gasteiger partial charge on any atom is 0.172 e. The summed E-state index contributed by atoms with van der Waals surface area (Å²) in [6.07, 6.45) is 0.416. The lowest BCUT2D eigenvalue weighted by molar-refractivity contribution is 0.00729. The topological polar surface area (TPSA) is 54.4 Å². The van der Waals surface area contributed by atoms with Crippen molar-refractivity contribution in [3.8, 4) is 0 Å². The van der Waals surface area contributed by atoms with E-state index in [0.29, 0.717) is 29.5 Å². The Morgan fingerprint density at radius 2 is 1.64 bits per heavy atom. The molecule has 4 rings (SSSR count). The molecule has 0 bridgehead atoms. The highest BCUT2D eigenvalue weighted by atomic mass is 16.3. The van der Waals surface area contributed by atoms with Crippen LogP contribution >= 0.6 is 0 Å². The number of rotatable bonds is 0. The van der Waals surface area contributed by atoms with Gasteiger partial charge in [-0.05, 0) is 24.0 Å². The van der Waals surface area contributed by atoms with E-state index in [9.17, 15) is 14.7 Å². The first-order valence-corrected chi connectivity index (χ1v) is 7.56. The van der Waals surface area contributed by atoms with Crippen LogP contribution in [0, 0.1) is 5.41 Å². The molecule has 0 amide bonds. The summed E-state index contributed by atoms with van der Waals surface area (Å²) in [5.74, 6) is -0.140. The summed E-state index contributed by atoms with van der Waals surface area (Å²) in [5, 5.41) is 10.9. The van der Waals surface area contributed by atoms with Gasteiger partial charge >= 0.3 is 0 Å². The average molecular weight is 292 g/mol. The van der Waals surface area contributed by atoms with Gasteiger partial charge in [-0.3, -0.25) is 9.59 Å². The molecule has 0 heterocycles. The monoisotopic (exact) mass is 292 g/mol. The standard InChI is InChI=1S/C19H16O3/c20-16-11-19(18(22)15-8-4-3-7-14(15)16)10-9-12-5-1-2-6-13(12)17(19)21/h1-8,18,22H,9-11H2/t18-,19+/m0/s1. The zero-order valence-electron chi connectivity index (χ0n) is 12.1. The number of aliphatic hydroxyl groups excluding tert-OH is 1. The van der Waals surface area contributed by atoms with Crippen molar-refractivity contribution in [1.82, 2.24) is 0 Å². The van der Waals surface area contributed by atoms with Gasteiger partial charge in [0.1, 0.15) is 0 Å². The maximum atomic E-state index is 13.0. The average Bonchev–Trinajstić information content (AvgIpc) is 2.56. The van der Waals surface area contributed by atoms with Gasteiger partial charge in [0, 0.05) is 17.5 Å². The number of benzene rings is 2. The first-order chi connectivity index (χ1) is 10.6. The van der Waals surface area contributed by atoms with Crippen molar-refractivity contribution in [1.29, 1.82) is 0 Å². The second-order valence-corrected chi connectivity index (χ2v) is 6.23. The molecule has 2 aliphatic carbocycles. The molecule has 0 radical (unpaired) electrons. The first-order valence-electron chi connectivity index (χ1n) is 7.56. The van der Waals surface area contributed by atoms with Gasteiger partial charge < -0.3 is 5.11 Å². The minimum atomic E-state index is -1.00. The summed E-state index contributed by atoms with van der Waals surface area (Å²) < 4.78 is 0. The lowest BCUT2D eigenvalue weighted by atomic mass is 9.60. The Hall–Kier alpha value is -2.26. The molecular weight excluding hydrogens is 276 g/mol. The van der Waals surface area contributed by atoms with Gasteiger partial charge in [0.25, 0.3) is 0 Å². The highest BCUT2D eigenvalue weighted by Crippen LogP contribution is 2.51. The highest BCUT2D eigenvalue weighted by Gasteiger charge is 2.52. The van der Waals surface area contributed by atoms with E-state index < -0.39 is 11.5 Å². The van der Waals surface area contributed by atoms with E-state index in [1.54, 1.807) is 30.3 Å². The molecule has 3 nitrogen and oxygen atoms in total. The Bertz CT molecular complexity index is 793. The van der Waals surface area contributed by atoms with Crippen LogP contribution < -0.4 is 0 Å². The molecule has 22 heavy (non-hydrogen) atoms. The molecule has 110 valence electrons. The van der Waals surface area contributed by atoms with Crippen LogP contribution in [0.4, 0.5) is 0 Å². The third kappa shape index (κ3) is 1.66. The smallest absolute Gasteiger partial charge is 0.172 e. The third-order valence-electron chi connectivity index (χ3n) is 5.11. The zero-order chi connectivity index (χ0) is 15.3. The number of carbonyl (C=O) groups excluding carboxylic acids is 2. The maximum absolute atomic E-state index is 13.0. The Balaban J connectivity index is 1.87. The second kappa shape index (κ2) is 4.62. The largest absolute Gasteiger partial charge is 0.387 e. The molecule has 2 atom stereocenters. The molecule has 3 heteroatoms. The molecule has 0 aliphatic heterocycles. The van der Waals surface area contributed by atoms with Crippen LogP contribution in [0.15, 0.2) is 48.5 Å². The quantitative estimate of drug-likeness (QED) is 0.811. The fourth-order valence-electron chi connectivity index (χ4n) is 3.89. The van der Waals surface area contributed by atoms with Crippen LogP contribution in [0.2, 0.25) is 0 Å². The van der Waals surface area contributed by atoms with Crippen LogP contribution in [0.25, 0.3) is 0 Å². The van der Waals surface area contributed by atoms with Crippen LogP contribution in [-0.4, -0.2) is 16.7 Å². The third-order valence-corrected chi connectivity index (χ3v) is 5.11. The minimum absolute atomic E-state index is 0.0476. The Labute approximate surface area is 128 Å². The molecule has 1 spiro atoms. The fourth-order valence-corrected chi connectivity index (χ4v) is 3.89. The Morgan fingerprint density at radius 1 is 0.955 bits per heavy atom. The number of hydrogen-bond acceptors (Lipinski definition) is 3. The van der Waals surface area contributed by atoms with Crippen molar-refractivity contribution in [2.24, 2.45) is 5.41 Å². The van der Waals surface area contributed by atoms with E-state index in [1.165, 1.54) is 0 Å². The van der Waals surface area contributed by atoms with Crippen LogP contribution in [0.1, 0.15) is 50.8 Å². The summed E-state index contributed by atoms with van der Waals surface area (Å²) >= 11 is 0. The van der Waals surface area contributed by atoms with Crippen LogP contribution in [0.5, 0.6) is 0 Å². The number of aliphatic hydroxyl groups is 1. The van der Waals surface area contributed by atoms with Gasteiger partial charge in [-0.25, -0.2) is 0 Å². The van der Waals surface area contributed by atoms with Crippen molar-refractivity contribution in [3.63, 3.8) is 0 Å². The normalized spacial score (nSPS) is 26.7. The van der Waals surface area contributed by atoms with Crippen molar-refractivity contribution >= 4 is 11.6 Å². The highest BCUT2D eigenvalue weighted by molar-refractivity contribution is 6.09. The lowest BCUT2D eigenvalue weighted by Crippen LogP contribution is -2.46. The number of ketones is 2. The number of aryl methyl sites for hydroxylation is 1. The van der Waals surface area contributed by atoms with Crippen molar-refractivity contribution < 1.29 is 14.7 Å². The van der Waals surface area contributed by atoms with Crippen molar-refractivity contribution in [3.05, 3.63) is 70.8 Å². The van der Waals surface area contributed by atoms with Gasteiger partial charge in [0.05, 0.1) is 11.5 Å². The van der Waals surface area contributed by atoms with Gasteiger partial charge in [-0.2, -0.15) is 0 Å². The van der Waals surface area contributed by atoms with Gasteiger partial charge in [0.2, 0.25) is 0 Å². The molecule has 2 aliphatic rings. The van der Waals surface area contributed by atoms with E-state index >= 15 is 0 Å². The van der Waals surface area contributed by atoms with Crippen LogP contribution in [-0.2, 0) is 6.42 Å². The molecule has 0 saturated carbocycles. The Kier molecular flexibility index (Phi) is 2.81. The fraction of sp³-hybridized carbons (Fsp3) is 0.263.